The van der Waals surface area contributed by atoms with Crippen LogP contribution >= 0.6 is 22.6 Å². The van der Waals surface area contributed by atoms with Gasteiger partial charge < -0.3 is 14.6 Å². The molecule has 0 aromatic heterocycles. The van der Waals surface area contributed by atoms with Crippen molar-refractivity contribution in [3.63, 3.8) is 0 Å². The number of allylic oxidation sites excluding steroid dienone is 4. The zero-order valence-corrected chi connectivity index (χ0v) is 18.2. The van der Waals surface area contributed by atoms with Gasteiger partial charge in [-0.1, -0.05) is 50.1 Å². The summed E-state index contributed by atoms with van der Waals surface area (Å²) in [6, 6.07) is 0. The van der Waals surface area contributed by atoms with Crippen molar-refractivity contribution in [2.24, 2.45) is 0 Å². The van der Waals surface area contributed by atoms with Gasteiger partial charge in [-0.2, -0.15) is 0 Å². The number of ketones is 1. The first-order valence-corrected chi connectivity index (χ1v) is 10.7. The quantitative estimate of drug-likeness (QED) is 0.0899. The van der Waals surface area contributed by atoms with E-state index in [1.807, 2.05) is 34.7 Å². The van der Waals surface area contributed by atoms with E-state index >= 15 is 0 Å². The molecule has 2 aliphatic rings. The number of esters is 1. The molecule has 1 N–H and O–H groups in total. The summed E-state index contributed by atoms with van der Waals surface area (Å²) in [7, 11) is 1.38. The Kier molecular flexibility index (Phi) is 8.24. The van der Waals surface area contributed by atoms with E-state index in [0.29, 0.717) is 31.3 Å². The van der Waals surface area contributed by atoms with Crippen molar-refractivity contribution in [1.82, 2.24) is 0 Å². The second kappa shape index (κ2) is 9.98. The van der Waals surface area contributed by atoms with Crippen molar-refractivity contribution >= 4 is 34.3 Å². The third kappa shape index (κ3) is 5.29. The second-order valence-electron chi connectivity index (χ2n) is 7.04. The number of methoxy groups -OCH3 is 1. The highest BCUT2D eigenvalue weighted by Gasteiger charge is 2.77. The molecular formula is C21H29IO5. The minimum atomic E-state index is -1.27. The number of aliphatic hydroxyl groups is 1. The summed E-state index contributed by atoms with van der Waals surface area (Å²) in [5.74, 6) is -0.369. The summed E-state index contributed by atoms with van der Waals surface area (Å²) >= 11 is 2.00. The first-order chi connectivity index (χ1) is 12.9. The molecule has 0 spiro atoms. The average Bonchev–Trinajstić information content (AvgIpc) is 3.33. The standard InChI is InChI=1S/C21H29IO5/c1-3-4-5-6-9-12-15-20(25)16(18(24)21(22)19(20)27-21)13-10-7-8-11-14-17(23)26-2/h7,9-10,12-13,19,25H,3-6,8,11,14-15H2,1-2H3/b10-7-,12-9-,16-13-. The number of fused-ring (bicyclic) bond motifs is 1. The summed E-state index contributed by atoms with van der Waals surface area (Å²) in [5.41, 5.74) is -0.855. The summed E-state index contributed by atoms with van der Waals surface area (Å²) < 4.78 is 9.21. The Balaban J connectivity index is 1.95. The highest BCUT2D eigenvalue weighted by atomic mass is 127. The lowest BCUT2D eigenvalue weighted by atomic mass is 9.90. The molecule has 1 aliphatic heterocycles. The molecule has 1 saturated carbocycles. The van der Waals surface area contributed by atoms with Gasteiger partial charge in [0.05, 0.1) is 7.11 Å². The number of carbonyl (C=O) groups excluding carboxylic acids is 2. The Bertz CT molecular complexity index is 638. The largest absolute Gasteiger partial charge is 0.469 e. The first-order valence-electron chi connectivity index (χ1n) is 9.63. The molecule has 150 valence electrons. The van der Waals surface area contributed by atoms with Crippen molar-refractivity contribution in [3.8, 4) is 0 Å². The van der Waals surface area contributed by atoms with Gasteiger partial charge >= 0.3 is 5.97 Å². The average molecular weight is 488 g/mol. The van der Waals surface area contributed by atoms with Crippen molar-refractivity contribution in [2.45, 2.75) is 73.6 Å². The van der Waals surface area contributed by atoms with Crippen molar-refractivity contribution < 1.29 is 24.2 Å². The van der Waals surface area contributed by atoms with Crippen LogP contribution in [0, 0.1) is 0 Å². The minimum absolute atomic E-state index is 0.144. The highest BCUT2D eigenvalue weighted by Crippen LogP contribution is 2.60. The molecule has 2 fully saturated rings. The molecule has 27 heavy (non-hydrogen) atoms. The van der Waals surface area contributed by atoms with Crippen molar-refractivity contribution in [3.05, 3.63) is 36.0 Å². The number of Topliss-reactive ketones (excluding diaryl/α,β-unsaturated/α-hetero) is 1. The maximum atomic E-state index is 12.6. The van der Waals surface area contributed by atoms with Crippen LogP contribution in [0.25, 0.3) is 0 Å². The fraction of sp³-hybridized carbons (Fsp3) is 0.619. The number of alkyl halides is 1. The van der Waals surface area contributed by atoms with Crippen molar-refractivity contribution in [1.29, 1.82) is 0 Å². The van der Waals surface area contributed by atoms with Gasteiger partial charge in [-0.3, -0.25) is 9.59 Å². The summed E-state index contributed by atoms with van der Waals surface area (Å²) in [4.78, 5) is 23.7. The fourth-order valence-corrected chi connectivity index (χ4v) is 4.35. The second-order valence-corrected chi connectivity index (χ2v) is 8.65. The predicted octanol–water partition coefficient (Wildman–Crippen LogP) is 4.18. The van der Waals surface area contributed by atoms with Crippen LogP contribution in [0.2, 0.25) is 0 Å². The molecule has 0 aromatic carbocycles. The maximum absolute atomic E-state index is 12.6. The Morgan fingerprint density at radius 3 is 2.70 bits per heavy atom. The van der Waals surface area contributed by atoms with E-state index in [1.165, 1.54) is 20.0 Å². The Morgan fingerprint density at radius 1 is 1.26 bits per heavy atom. The normalized spacial score (nSPS) is 31.2. The number of epoxide rings is 1. The van der Waals surface area contributed by atoms with E-state index in [1.54, 1.807) is 12.2 Å². The van der Waals surface area contributed by atoms with E-state index in [4.69, 9.17) is 4.74 Å². The molecule has 0 amide bonds. The SMILES string of the molecule is CCCCC/C=C\CC1(O)/C(=C\C=C/CCCC(=O)OC)C(=O)C2(I)OC21. The van der Waals surface area contributed by atoms with Crippen LogP contribution in [0.15, 0.2) is 36.0 Å². The van der Waals surface area contributed by atoms with E-state index in [-0.39, 0.29) is 11.8 Å². The Labute approximate surface area is 175 Å². The number of halogens is 1. The van der Waals surface area contributed by atoms with Gasteiger partial charge in [0.25, 0.3) is 0 Å². The fourth-order valence-electron chi connectivity index (χ4n) is 3.29. The van der Waals surface area contributed by atoms with Crippen LogP contribution in [0.1, 0.15) is 58.3 Å². The number of ether oxygens (including phenoxy) is 2. The number of hydrogen-bond acceptors (Lipinski definition) is 5. The summed E-state index contributed by atoms with van der Waals surface area (Å²) in [6.07, 6.45) is 15.6. The van der Waals surface area contributed by atoms with Gasteiger partial charge in [0.15, 0.2) is 0 Å². The third-order valence-corrected chi connectivity index (χ3v) is 6.28. The predicted molar refractivity (Wildman–Crippen MR) is 113 cm³/mol. The summed E-state index contributed by atoms with van der Waals surface area (Å²) in [5, 5.41) is 11.1. The van der Waals surface area contributed by atoms with Crippen LogP contribution in [-0.4, -0.2) is 39.3 Å². The van der Waals surface area contributed by atoms with Gasteiger partial charge in [0.1, 0.15) is 11.7 Å². The van der Waals surface area contributed by atoms with Crippen LogP contribution in [0.3, 0.4) is 0 Å². The van der Waals surface area contributed by atoms with E-state index in [0.717, 1.165) is 12.8 Å². The molecule has 1 heterocycles. The van der Waals surface area contributed by atoms with Crippen LogP contribution in [0.5, 0.6) is 0 Å². The van der Waals surface area contributed by atoms with E-state index < -0.39 is 15.3 Å². The monoisotopic (exact) mass is 488 g/mol. The lowest BCUT2D eigenvalue weighted by Crippen LogP contribution is -2.35. The Morgan fingerprint density at radius 2 is 2.00 bits per heavy atom. The topological polar surface area (TPSA) is 76.1 Å². The molecule has 1 saturated heterocycles. The number of unbranched alkanes of at least 4 members (excludes halogenated alkanes) is 4. The molecule has 0 aromatic rings. The van der Waals surface area contributed by atoms with Gasteiger partial charge in [0.2, 0.25) is 9.39 Å². The van der Waals surface area contributed by atoms with Crippen LogP contribution in [0.4, 0.5) is 0 Å². The highest BCUT2D eigenvalue weighted by molar-refractivity contribution is 14.1. The molecule has 0 radical (unpaired) electrons. The van der Waals surface area contributed by atoms with E-state index in [2.05, 4.69) is 17.7 Å². The van der Waals surface area contributed by atoms with Crippen LogP contribution in [-0.2, 0) is 19.1 Å². The zero-order valence-electron chi connectivity index (χ0n) is 16.1. The molecule has 5 nitrogen and oxygen atoms in total. The van der Waals surface area contributed by atoms with Gasteiger partial charge in [-0.25, -0.2) is 0 Å². The zero-order chi connectivity index (χ0) is 19.9. The first kappa shape index (κ1) is 22.3. The summed E-state index contributed by atoms with van der Waals surface area (Å²) in [6.45, 7) is 2.17. The molecular weight excluding hydrogens is 459 g/mol. The van der Waals surface area contributed by atoms with Gasteiger partial charge in [0, 0.05) is 18.4 Å². The molecule has 3 atom stereocenters. The smallest absolute Gasteiger partial charge is 0.305 e. The lowest BCUT2D eigenvalue weighted by Gasteiger charge is -2.23. The maximum Gasteiger partial charge on any atom is 0.305 e. The minimum Gasteiger partial charge on any atom is -0.469 e. The van der Waals surface area contributed by atoms with Gasteiger partial charge in [-0.15, -0.1) is 0 Å². The number of carbonyl (C=O) groups is 2. The third-order valence-electron chi connectivity index (χ3n) is 4.97. The van der Waals surface area contributed by atoms with Crippen molar-refractivity contribution in [2.75, 3.05) is 7.11 Å². The lowest BCUT2D eigenvalue weighted by molar-refractivity contribution is -0.140. The number of hydrogen-bond donors (Lipinski definition) is 1. The molecule has 3 unspecified atom stereocenters. The Hall–Kier alpha value is -0.990. The van der Waals surface area contributed by atoms with Crippen LogP contribution < -0.4 is 0 Å². The molecule has 0 bridgehead atoms. The molecule has 2 rings (SSSR count). The molecule has 6 heteroatoms. The van der Waals surface area contributed by atoms with Gasteiger partial charge in [-0.05, 0) is 48.3 Å². The number of rotatable bonds is 11. The molecule has 1 aliphatic carbocycles. The van der Waals surface area contributed by atoms with E-state index in [9.17, 15) is 14.7 Å².